The first-order valence-electron chi connectivity index (χ1n) is 14.6. The summed E-state index contributed by atoms with van der Waals surface area (Å²) >= 11 is 0. The molecule has 0 aromatic heterocycles. The van der Waals surface area contributed by atoms with Crippen LogP contribution in [-0.4, -0.2) is 12.2 Å². The fraction of sp³-hybridized carbons (Fsp3) is 0.935. The third kappa shape index (κ3) is 3.67. The second-order valence-corrected chi connectivity index (χ2v) is 13.8. The van der Waals surface area contributed by atoms with E-state index < -0.39 is 0 Å². The Morgan fingerprint density at radius 2 is 1.62 bits per heavy atom. The van der Waals surface area contributed by atoms with Crippen LogP contribution in [0.3, 0.4) is 0 Å². The minimum atomic E-state index is 0.170. The molecule has 1 nitrogen and oxygen atoms in total. The van der Waals surface area contributed by atoms with Gasteiger partial charge in [-0.3, -0.25) is 0 Å². The lowest BCUT2D eigenvalue weighted by atomic mass is 9.47. The van der Waals surface area contributed by atoms with Crippen molar-refractivity contribution in [3.63, 3.8) is 0 Å². The van der Waals surface area contributed by atoms with Crippen molar-refractivity contribution in [1.29, 1.82) is 0 Å². The second kappa shape index (κ2) is 8.73. The molecule has 0 bridgehead atoms. The minimum Gasteiger partial charge on any atom is -0.374 e. The summed E-state index contributed by atoms with van der Waals surface area (Å²) in [5.41, 5.74) is 3.12. The number of rotatable bonds is 5. The van der Waals surface area contributed by atoms with Gasteiger partial charge >= 0.3 is 0 Å². The van der Waals surface area contributed by atoms with Crippen molar-refractivity contribution >= 4 is 0 Å². The summed E-state index contributed by atoms with van der Waals surface area (Å²) < 4.78 is 6.91. The van der Waals surface area contributed by atoms with Crippen LogP contribution < -0.4 is 0 Å². The topological polar surface area (TPSA) is 9.23 Å². The van der Waals surface area contributed by atoms with Crippen molar-refractivity contribution in [2.24, 2.45) is 46.3 Å². The molecule has 5 rings (SSSR count). The normalized spacial score (nSPS) is 44.4. The van der Waals surface area contributed by atoms with Crippen molar-refractivity contribution in [2.75, 3.05) is 6.61 Å². The Hall–Kier alpha value is -0.300. The van der Waals surface area contributed by atoms with E-state index in [-0.39, 0.29) is 5.60 Å². The zero-order valence-corrected chi connectivity index (χ0v) is 22.1. The van der Waals surface area contributed by atoms with Crippen molar-refractivity contribution < 1.29 is 4.74 Å². The van der Waals surface area contributed by atoms with Gasteiger partial charge in [-0.2, -0.15) is 0 Å². The molecule has 0 aromatic rings. The lowest BCUT2D eigenvalue weighted by molar-refractivity contribution is -0.125. The molecule has 4 saturated carbocycles. The molecule has 0 saturated heterocycles. The van der Waals surface area contributed by atoms with Crippen LogP contribution in [-0.2, 0) is 4.74 Å². The van der Waals surface area contributed by atoms with Gasteiger partial charge in [0.2, 0.25) is 0 Å². The van der Waals surface area contributed by atoms with Crippen LogP contribution in [0.5, 0.6) is 0 Å². The number of fused-ring (bicyclic) bond motifs is 5. The maximum atomic E-state index is 6.91. The Kier molecular flexibility index (Phi) is 6.39. The van der Waals surface area contributed by atoms with Crippen molar-refractivity contribution in [3.8, 4) is 0 Å². The first-order chi connectivity index (χ1) is 15.3. The van der Waals surface area contributed by atoms with Crippen LogP contribution in [0.25, 0.3) is 0 Å². The van der Waals surface area contributed by atoms with Gasteiger partial charge in [0.25, 0.3) is 0 Å². The van der Waals surface area contributed by atoms with Crippen molar-refractivity contribution in [2.45, 2.75) is 130 Å². The average molecular weight is 441 g/mol. The third-order valence-corrected chi connectivity index (χ3v) is 12.2. The van der Waals surface area contributed by atoms with E-state index in [4.69, 9.17) is 4.74 Å². The van der Waals surface area contributed by atoms with E-state index in [1.54, 1.807) is 0 Å². The molecule has 0 aromatic carbocycles. The van der Waals surface area contributed by atoms with Gasteiger partial charge in [0.1, 0.15) is 0 Å². The molecule has 5 aliphatic carbocycles. The molecule has 4 fully saturated rings. The molecule has 0 radical (unpaired) electrons. The molecule has 7 unspecified atom stereocenters. The first kappa shape index (κ1) is 23.4. The maximum absolute atomic E-state index is 6.91. The van der Waals surface area contributed by atoms with Gasteiger partial charge in [-0.05, 0) is 111 Å². The minimum absolute atomic E-state index is 0.170. The molecular formula is C31H52O. The van der Waals surface area contributed by atoms with E-state index in [2.05, 4.69) is 40.7 Å². The third-order valence-electron chi connectivity index (χ3n) is 12.2. The summed E-state index contributed by atoms with van der Waals surface area (Å²) in [6.45, 7) is 13.7. The second-order valence-electron chi connectivity index (χ2n) is 13.8. The largest absolute Gasteiger partial charge is 0.374 e. The van der Waals surface area contributed by atoms with E-state index >= 15 is 0 Å². The highest BCUT2D eigenvalue weighted by Gasteiger charge is 2.58. The highest BCUT2D eigenvalue weighted by Crippen LogP contribution is 2.67. The Balaban J connectivity index is 1.29. The molecule has 0 amide bonds. The van der Waals surface area contributed by atoms with Crippen LogP contribution in [0.1, 0.15) is 125 Å². The first-order valence-corrected chi connectivity index (χ1v) is 14.6. The number of hydrogen-bond acceptors (Lipinski definition) is 1. The van der Waals surface area contributed by atoms with Crippen LogP contribution in [0.4, 0.5) is 0 Å². The highest BCUT2D eigenvalue weighted by molar-refractivity contribution is 5.24. The van der Waals surface area contributed by atoms with E-state index in [0.717, 1.165) is 30.3 Å². The molecule has 32 heavy (non-hydrogen) atoms. The fourth-order valence-electron chi connectivity index (χ4n) is 10.1. The van der Waals surface area contributed by atoms with Gasteiger partial charge < -0.3 is 4.74 Å². The number of allylic oxidation sites excluding steroid dienone is 2. The van der Waals surface area contributed by atoms with Gasteiger partial charge in [0.05, 0.1) is 12.2 Å². The molecular weight excluding hydrogens is 388 g/mol. The zero-order valence-electron chi connectivity index (χ0n) is 22.1. The van der Waals surface area contributed by atoms with Gasteiger partial charge in [-0.15, -0.1) is 0 Å². The fourth-order valence-corrected chi connectivity index (χ4v) is 10.1. The van der Waals surface area contributed by atoms with Crippen molar-refractivity contribution in [1.82, 2.24) is 0 Å². The smallest absolute Gasteiger partial charge is 0.0705 e. The monoisotopic (exact) mass is 440 g/mol. The molecule has 0 aliphatic heterocycles. The maximum Gasteiger partial charge on any atom is 0.0705 e. The molecule has 0 heterocycles. The summed E-state index contributed by atoms with van der Waals surface area (Å²) in [7, 11) is 0. The molecule has 0 spiro atoms. The van der Waals surface area contributed by atoms with E-state index in [0.29, 0.717) is 22.7 Å². The standard InChI is InChI=1S/C31H52O/c1-22(2)31(18-8-6-9-19-31)32-21-23(3)26-14-15-27-25-13-12-24-11-7-10-17-29(24,4)28(25)16-20-30(26,27)5/h12,22-23,25-28H,6-11,13-21H2,1-5H3. The summed E-state index contributed by atoms with van der Waals surface area (Å²) in [6.07, 6.45) is 22.5. The SMILES string of the molecule is CC(COC1(C(C)C)CCCCC1)C1CCC2C3CC=C4CCCCC4(C)C3CCC12C. The quantitative estimate of drug-likeness (QED) is 0.388. The Morgan fingerprint density at radius 1 is 0.875 bits per heavy atom. The van der Waals surface area contributed by atoms with Gasteiger partial charge in [0.15, 0.2) is 0 Å². The number of hydrogen-bond donors (Lipinski definition) is 0. The van der Waals surface area contributed by atoms with E-state index in [1.165, 1.54) is 89.9 Å². The summed E-state index contributed by atoms with van der Waals surface area (Å²) in [6, 6.07) is 0. The van der Waals surface area contributed by atoms with Crippen LogP contribution in [0.15, 0.2) is 11.6 Å². The number of ether oxygens (including phenoxy) is 1. The zero-order chi connectivity index (χ0) is 22.6. The predicted octanol–water partition coefficient (Wildman–Crippen LogP) is 8.97. The molecule has 1 heteroatoms. The average Bonchev–Trinajstić information content (AvgIpc) is 3.15. The molecule has 0 N–H and O–H groups in total. The van der Waals surface area contributed by atoms with Crippen LogP contribution >= 0.6 is 0 Å². The predicted molar refractivity (Wildman–Crippen MR) is 136 cm³/mol. The summed E-state index contributed by atoms with van der Waals surface area (Å²) in [5, 5.41) is 0. The highest BCUT2D eigenvalue weighted by atomic mass is 16.5. The molecule has 182 valence electrons. The van der Waals surface area contributed by atoms with Crippen LogP contribution in [0, 0.1) is 46.3 Å². The Bertz CT molecular complexity index is 699. The molecule has 5 aliphatic rings. The molecule has 7 atom stereocenters. The van der Waals surface area contributed by atoms with Gasteiger partial charge in [0, 0.05) is 0 Å². The Labute approximate surface area is 199 Å². The van der Waals surface area contributed by atoms with Gasteiger partial charge in [-0.25, -0.2) is 0 Å². The van der Waals surface area contributed by atoms with Crippen LogP contribution in [0.2, 0.25) is 0 Å². The Morgan fingerprint density at radius 3 is 2.38 bits per heavy atom. The summed E-state index contributed by atoms with van der Waals surface area (Å²) in [5.74, 6) is 5.11. The lowest BCUT2D eigenvalue weighted by Gasteiger charge is -2.58. The summed E-state index contributed by atoms with van der Waals surface area (Å²) in [4.78, 5) is 0. The van der Waals surface area contributed by atoms with E-state index in [9.17, 15) is 0 Å². The van der Waals surface area contributed by atoms with E-state index in [1.807, 2.05) is 5.57 Å². The van der Waals surface area contributed by atoms with Gasteiger partial charge in [-0.1, -0.05) is 72.0 Å². The van der Waals surface area contributed by atoms with Crippen molar-refractivity contribution in [3.05, 3.63) is 11.6 Å². The lowest BCUT2D eigenvalue weighted by Crippen LogP contribution is -2.50.